The second-order valence-corrected chi connectivity index (χ2v) is 10.2. The normalized spacial score (nSPS) is 15.7. The fourth-order valence-corrected chi connectivity index (χ4v) is 5.43. The highest BCUT2D eigenvalue weighted by Crippen LogP contribution is 2.41. The third kappa shape index (κ3) is 5.11. The Bertz CT molecular complexity index is 1550. The molecule has 1 saturated carbocycles. The summed E-state index contributed by atoms with van der Waals surface area (Å²) < 4.78 is 40.1. The van der Waals surface area contributed by atoms with Crippen LogP contribution < -0.4 is 5.32 Å². The number of carbonyl (C=O) groups excluding carboxylic acids is 2. The van der Waals surface area contributed by atoms with Crippen molar-refractivity contribution in [1.82, 2.24) is 14.9 Å². The van der Waals surface area contributed by atoms with Gasteiger partial charge in [-0.3, -0.25) is 9.59 Å². The SMILES string of the molecule is O=C(Nc1cc(-c2[nH]c3c(c2-c2ccccc2)C(=O)N(C2CC2)CC3)ccn1)C(CC(F)F)c1ccc(F)cc1. The Hall–Kier alpha value is -4.40. The zero-order valence-corrected chi connectivity index (χ0v) is 21.5. The lowest BCUT2D eigenvalue weighted by Crippen LogP contribution is -2.39. The van der Waals surface area contributed by atoms with Gasteiger partial charge >= 0.3 is 0 Å². The number of nitrogens with one attached hydrogen (secondary N) is 2. The molecule has 1 fully saturated rings. The molecule has 6 rings (SSSR count). The van der Waals surface area contributed by atoms with Crippen molar-refractivity contribution in [2.75, 3.05) is 11.9 Å². The van der Waals surface area contributed by atoms with Crippen LogP contribution in [-0.4, -0.2) is 45.7 Å². The van der Waals surface area contributed by atoms with Gasteiger partial charge in [0.15, 0.2) is 0 Å². The molecule has 6 nitrogen and oxygen atoms in total. The molecule has 1 atom stereocenters. The lowest BCUT2D eigenvalue weighted by Gasteiger charge is -2.27. The molecule has 1 unspecified atom stereocenters. The number of halogens is 3. The van der Waals surface area contributed by atoms with Crippen molar-refractivity contribution in [2.45, 2.75) is 44.1 Å². The molecular weight excluding hydrogens is 517 g/mol. The summed E-state index contributed by atoms with van der Waals surface area (Å²) in [6, 6.07) is 18.4. The first-order valence-corrected chi connectivity index (χ1v) is 13.3. The van der Waals surface area contributed by atoms with Crippen molar-refractivity contribution in [3.8, 4) is 22.4 Å². The number of benzene rings is 2. The van der Waals surface area contributed by atoms with Crippen molar-refractivity contribution in [3.63, 3.8) is 0 Å². The zero-order valence-electron chi connectivity index (χ0n) is 21.5. The topological polar surface area (TPSA) is 78.1 Å². The Kier molecular flexibility index (Phi) is 6.88. The Labute approximate surface area is 229 Å². The van der Waals surface area contributed by atoms with E-state index in [1.807, 2.05) is 35.2 Å². The van der Waals surface area contributed by atoms with E-state index in [1.165, 1.54) is 18.3 Å². The largest absolute Gasteiger partial charge is 0.357 e. The van der Waals surface area contributed by atoms with Crippen molar-refractivity contribution in [2.24, 2.45) is 0 Å². The Morgan fingerprint density at radius 1 is 1.02 bits per heavy atom. The lowest BCUT2D eigenvalue weighted by atomic mass is 9.94. The van der Waals surface area contributed by atoms with Gasteiger partial charge in [-0.2, -0.15) is 0 Å². The molecule has 2 N–H and O–H groups in total. The molecule has 0 saturated heterocycles. The van der Waals surface area contributed by atoms with E-state index in [0.717, 1.165) is 47.5 Å². The standard InChI is InChI=1S/C31H27F3N4O2/c32-21-8-6-18(7-9-21)23(17-25(33)34)30(39)37-26-16-20(12-14-35-26)29-27(19-4-2-1-3-5-19)28-24(36-29)13-15-38(31(28)40)22-10-11-22/h1-9,12,14,16,22-23,25,36H,10-11,13,15,17H2,(H,35,37,39). The fraction of sp³-hybridized carbons (Fsp3) is 0.258. The molecule has 4 aromatic rings. The molecule has 0 radical (unpaired) electrons. The molecule has 9 heteroatoms. The van der Waals surface area contributed by atoms with Crippen LogP contribution in [0.4, 0.5) is 19.0 Å². The average Bonchev–Trinajstić information content (AvgIpc) is 3.72. The number of alkyl halides is 2. The average molecular weight is 545 g/mol. The number of pyridine rings is 1. The Morgan fingerprint density at radius 2 is 1.77 bits per heavy atom. The Morgan fingerprint density at radius 3 is 2.48 bits per heavy atom. The summed E-state index contributed by atoms with van der Waals surface area (Å²) in [5, 5.41) is 2.66. The van der Waals surface area contributed by atoms with Crippen LogP contribution in [0.1, 0.15) is 46.8 Å². The predicted molar refractivity (Wildman–Crippen MR) is 146 cm³/mol. The van der Waals surface area contributed by atoms with Crippen molar-refractivity contribution in [3.05, 3.63) is 95.6 Å². The highest BCUT2D eigenvalue weighted by molar-refractivity contribution is 6.07. The highest BCUT2D eigenvalue weighted by atomic mass is 19.3. The molecule has 0 spiro atoms. The fourth-order valence-electron chi connectivity index (χ4n) is 5.43. The van der Waals surface area contributed by atoms with Crippen LogP contribution >= 0.6 is 0 Å². The maximum atomic E-state index is 13.6. The van der Waals surface area contributed by atoms with Crippen LogP contribution in [0.15, 0.2) is 72.9 Å². The van der Waals surface area contributed by atoms with Gasteiger partial charge in [-0.1, -0.05) is 42.5 Å². The molecule has 0 bridgehead atoms. The van der Waals surface area contributed by atoms with Crippen LogP contribution in [0.25, 0.3) is 22.4 Å². The summed E-state index contributed by atoms with van der Waals surface area (Å²) >= 11 is 0. The second-order valence-electron chi connectivity index (χ2n) is 10.2. The minimum Gasteiger partial charge on any atom is -0.357 e. The molecule has 3 heterocycles. The number of fused-ring (bicyclic) bond motifs is 1. The quantitative estimate of drug-likeness (QED) is 0.269. The summed E-state index contributed by atoms with van der Waals surface area (Å²) in [5.74, 6) is -2.17. The number of H-pyrrole nitrogens is 1. The minimum absolute atomic E-state index is 0.0156. The molecule has 2 amide bonds. The number of nitrogens with zero attached hydrogens (tertiary/aromatic N) is 2. The number of carbonyl (C=O) groups is 2. The number of aromatic nitrogens is 2. The zero-order chi connectivity index (χ0) is 27.8. The number of aromatic amines is 1. The smallest absolute Gasteiger partial charge is 0.256 e. The van der Waals surface area contributed by atoms with Gasteiger partial charge in [-0.05, 0) is 48.2 Å². The van der Waals surface area contributed by atoms with Gasteiger partial charge in [0.25, 0.3) is 5.91 Å². The molecule has 40 heavy (non-hydrogen) atoms. The summed E-state index contributed by atoms with van der Waals surface area (Å²) in [6.07, 6.45) is 0.842. The number of hydrogen-bond donors (Lipinski definition) is 2. The summed E-state index contributed by atoms with van der Waals surface area (Å²) in [7, 11) is 0. The van der Waals surface area contributed by atoms with Crippen molar-refractivity contribution < 1.29 is 22.8 Å². The number of anilines is 1. The van der Waals surface area contributed by atoms with Gasteiger partial charge in [-0.25, -0.2) is 18.2 Å². The first-order chi connectivity index (χ1) is 19.4. The lowest BCUT2D eigenvalue weighted by molar-refractivity contribution is -0.118. The van der Waals surface area contributed by atoms with E-state index in [4.69, 9.17) is 0 Å². The molecular formula is C31H27F3N4O2. The van der Waals surface area contributed by atoms with E-state index in [9.17, 15) is 22.8 Å². The van der Waals surface area contributed by atoms with Gasteiger partial charge < -0.3 is 15.2 Å². The first kappa shape index (κ1) is 25.9. The molecule has 2 aromatic heterocycles. The van der Waals surface area contributed by atoms with Crippen molar-refractivity contribution in [1.29, 1.82) is 0 Å². The maximum absolute atomic E-state index is 13.6. The van der Waals surface area contributed by atoms with Crippen LogP contribution in [0, 0.1) is 5.82 Å². The highest BCUT2D eigenvalue weighted by Gasteiger charge is 2.39. The minimum atomic E-state index is -2.73. The van der Waals surface area contributed by atoms with Gasteiger partial charge in [-0.15, -0.1) is 0 Å². The van der Waals surface area contributed by atoms with Gasteiger partial charge in [0.2, 0.25) is 12.3 Å². The maximum Gasteiger partial charge on any atom is 0.256 e. The van der Waals surface area contributed by atoms with E-state index < -0.39 is 30.5 Å². The summed E-state index contributed by atoms with van der Waals surface area (Å²) in [5.41, 5.74) is 4.91. The van der Waals surface area contributed by atoms with Crippen LogP contribution in [0.5, 0.6) is 0 Å². The third-order valence-electron chi connectivity index (χ3n) is 7.51. The van der Waals surface area contributed by atoms with Gasteiger partial charge in [0.05, 0.1) is 17.2 Å². The van der Waals surface area contributed by atoms with E-state index in [1.54, 1.807) is 12.1 Å². The summed E-state index contributed by atoms with van der Waals surface area (Å²) in [4.78, 5) is 36.4. The number of hydrogen-bond acceptors (Lipinski definition) is 3. The molecule has 204 valence electrons. The van der Waals surface area contributed by atoms with E-state index in [0.29, 0.717) is 30.1 Å². The van der Waals surface area contributed by atoms with Crippen LogP contribution in [0.3, 0.4) is 0 Å². The predicted octanol–water partition coefficient (Wildman–Crippen LogP) is 6.42. The molecule has 1 aliphatic heterocycles. The van der Waals surface area contributed by atoms with E-state index in [-0.39, 0.29) is 17.3 Å². The van der Waals surface area contributed by atoms with Crippen LogP contribution in [-0.2, 0) is 11.2 Å². The molecule has 2 aromatic carbocycles. The monoisotopic (exact) mass is 544 g/mol. The first-order valence-electron chi connectivity index (χ1n) is 13.3. The van der Waals surface area contributed by atoms with Gasteiger partial charge in [0.1, 0.15) is 11.6 Å². The molecule has 2 aliphatic rings. The van der Waals surface area contributed by atoms with E-state index in [2.05, 4.69) is 15.3 Å². The van der Waals surface area contributed by atoms with Crippen LogP contribution in [0.2, 0.25) is 0 Å². The third-order valence-corrected chi connectivity index (χ3v) is 7.51. The van der Waals surface area contributed by atoms with Crippen molar-refractivity contribution >= 4 is 17.6 Å². The Balaban J connectivity index is 1.35. The number of amides is 2. The van der Waals surface area contributed by atoms with Gasteiger partial charge in [0, 0.05) is 48.4 Å². The summed E-state index contributed by atoms with van der Waals surface area (Å²) in [6.45, 7) is 0.664. The number of rotatable bonds is 8. The molecule has 1 aliphatic carbocycles. The van der Waals surface area contributed by atoms with E-state index >= 15 is 0 Å². The second kappa shape index (κ2) is 10.6.